The van der Waals surface area contributed by atoms with Crippen molar-refractivity contribution in [3.63, 3.8) is 0 Å². The quantitative estimate of drug-likeness (QED) is 0.664. The van der Waals surface area contributed by atoms with Crippen molar-refractivity contribution in [1.82, 2.24) is 4.90 Å². The summed E-state index contributed by atoms with van der Waals surface area (Å²) in [7, 11) is 0. The van der Waals surface area contributed by atoms with Crippen molar-refractivity contribution in [3.8, 4) is 11.5 Å². The maximum absolute atomic E-state index is 12.2. The molecule has 0 saturated carbocycles. The van der Waals surface area contributed by atoms with Crippen LogP contribution in [0, 0.1) is 10.8 Å². The number of piperazine rings is 1. The van der Waals surface area contributed by atoms with Gasteiger partial charge in [-0.2, -0.15) is 0 Å². The van der Waals surface area contributed by atoms with Gasteiger partial charge in [0.05, 0.1) is 16.5 Å². The lowest BCUT2D eigenvalue weighted by molar-refractivity contribution is -0.156. The Morgan fingerprint density at radius 2 is 1.81 bits per heavy atom. The first-order chi connectivity index (χ1) is 14.8. The Morgan fingerprint density at radius 1 is 1.06 bits per heavy atom. The van der Waals surface area contributed by atoms with Gasteiger partial charge in [0.25, 0.3) is 0 Å². The van der Waals surface area contributed by atoms with Gasteiger partial charge in [0.1, 0.15) is 13.2 Å². The Hall–Kier alpha value is -2.74. The van der Waals surface area contributed by atoms with Crippen molar-refractivity contribution < 1.29 is 29.3 Å². The van der Waals surface area contributed by atoms with Crippen molar-refractivity contribution in [2.45, 2.75) is 26.2 Å². The van der Waals surface area contributed by atoms with Crippen LogP contribution in [0.15, 0.2) is 30.4 Å². The van der Waals surface area contributed by atoms with E-state index in [-0.39, 0.29) is 6.42 Å². The van der Waals surface area contributed by atoms with Crippen LogP contribution in [-0.2, 0) is 9.59 Å². The molecule has 0 spiro atoms. The molecule has 1 aliphatic carbocycles. The van der Waals surface area contributed by atoms with Crippen LogP contribution in [-0.4, -0.2) is 73.0 Å². The zero-order chi connectivity index (χ0) is 22.1. The van der Waals surface area contributed by atoms with Crippen molar-refractivity contribution in [3.05, 3.63) is 30.4 Å². The standard InChI is InChI=1S/C23H30N2O6/c1-22(20(26)27)6-3-7-23(16-22,21(28)29)8-9-24-10-12-25(13-11-24)17-4-2-5-18-19(17)31-15-14-30-18/h2-6H,7-16H2,1H3,(H,26,27)(H,28,29). The van der Waals surface area contributed by atoms with Crippen LogP contribution < -0.4 is 14.4 Å². The second kappa shape index (κ2) is 8.42. The fourth-order valence-electron chi connectivity index (χ4n) is 4.88. The smallest absolute Gasteiger partial charge is 0.313 e. The van der Waals surface area contributed by atoms with Gasteiger partial charge in [0.15, 0.2) is 11.5 Å². The molecule has 0 amide bonds. The van der Waals surface area contributed by atoms with Gasteiger partial charge in [-0.15, -0.1) is 0 Å². The van der Waals surface area contributed by atoms with E-state index in [2.05, 4.69) is 9.80 Å². The van der Waals surface area contributed by atoms with Crippen molar-refractivity contribution in [2.24, 2.45) is 10.8 Å². The van der Waals surface area contributed by atoms with Crippen LogP contribution in [0.25, 0.3) is 0 Å². The Kier molecular flexibility index (Phi) is 5.83. The van der Waals surface area contributed by atoms with Gasteiger partial charge in [0.2, 0.25) is 0 Å². The molecule has 4 rings (SSSR count). The highest BCUT2D eigenvalue weighted by molar-refractivity contribution is 5.81. The molecule has 168 valence electrons. The lowest BCUT2D eigenvalue weighted by Crippen LogP contribution is -2.49. The predicted molar refractivity (Wildman–Crippen MR) is 115 cm³/mol. The molecular formula is C23H30N2O6. The molecule has 2 N–H and O–H groups in total. The fourth-order valence-corrected chi connectivity index (χ4v) is 4.88. The molecule has 2 heterocycles. The molecule has 1 aromatic rings. The highest BCUT2D eigenvalue weighted by Gasteiger charge is 2.48. The maximum atomic E-state index is 12.2. The summed E-state index contributed by atoms with van der Waals surface area (Å²) in [5.74, 6) is -0.300. The number of ether oxygens (including phenoxy) is 2. The van der Waals surface area contributed by atoms with Gasteiger partial charge >= 0.3 is 11.9 Å². The fraction of sp³-hybridized carbons (Fsp3) is 0.565. The topological polar surface area (TPSA) is 99.5 Å². The predicted octanol–water partition coefficient (Wildman–Crippen LogP) is 2.48. The van der Waals surface area contributed by atoms with E-state index in [0.29, 0.717) is 32.6 Å². The van der Waals surface area contributed by atoms with Gasteiger partial charge in [-0.25, -0.2) is 0 Å². The molecule has 8 nitrogen and oxygen atoms in total. The van der Waals surface area contributed by atoms with Gasteiger partial charge in [-0.3, -0.25) is 14.5 Å². The second-order valence-corrected chi connectivity index (χ2v) is 8.97. The van der Waals surface area contributed by atoms with E-state index in [1.54, 1.807) is 19.1 Å². The number of rotatable bonds is 6. The van der Waals surface area contributed by atoms with Crippen LogP contribution in [0.3, 0.4) is 0 Å². The first-order valence-corrected chi connectivity index (χ1v) is 10.8. The zero-order valence-electron chi connectivity index (χ0n) is 17.9. The SMILES string of the molecule is CC1(C(=O)O)C=CCC(CCN2CCN(c3cccc4c3OCCO4)CC2)(C(=O)O)C1. The van der Waals surface area contributed by atoms with Crippen LogP contribution in [0.2, 0.25) is 0 Å². The minimum atomic E-state index is -1.14. The number of benzene rings is 1. The minimum Gasteiger partial charge on any atom is -0.486 e. The van der Waals surface area contributed by atoms with Crippen LogP contribution >= 0.6 is 0 Å². The highest BCUT2D eigenvalue weighted by Crippen LogP contribution is 2.45. The van der Waals surface area contributed by atoms with E-state index in [1.165, 1.54) is 0 Å². The third-order valence-electron chi connectivity index (χ3n) is 6.81. The molecule has 0 aromatic heterocycles. The van der Waals surface area contributed by atoms with Gasteiger partial charge < -0.3 is 24.6 Å². The molecule has 2 aliphatic heterocycles. The van der Waals surface area contributed by atoms with E-state index in [4.69, 9.17) is 9.47 Å². The van der Waals surface area contributed by atoms with Crippen molar-refractivity contribution in [1.29, 1.82) is 0 Å². The Labute approximate surface area is 182 Å². The Bertz CT molecular complexity index is 879. The number of para-hydroxylation sites is 1. The number of hydrogen-bond donors (Lipinski definition) is 2. The Morgan fingerprint density at radius 3 is 2.52 bits per heavy atom. The average Bonchev–Trinajstić information content (AvgIpc) is 2.77. The number of carbonyl (C=O) groups is 2. The number of fused-ring (bicyclic) bond motifs is 1. The van der Waals surface area contributed by atoms with E-state index >= 15 is 0 Å². The van der Waals surface area contributed by atoms with E-state index < -0.39 is 22.8 Å². The first-order valence-electron chi connectivity index (χ1n) is 10.8. The van der Waals surface area contributed by atoms with Crippen LogP contribution in [0.5, 0.6) is 11.5 Å². The zero-order valence-corrected chi connectivity index (χ0v) is 17.9. The number of aliphatic carboxylic acids is 2. The molecule has 1 saturated heterocycles. The van der Waals surface area contributed by atoms with Crippen molar-refractivity contribution in [2.75, 3.05) is 50.8 Å². The third kappa shape index (κ3) is 4.21. The number of carboxylic acids is 2. The summed E-state index contributed by atoms with van der Waals surface area (Å²) in [6, 6.07) is 5.94. The molecule has 2 unspecified atom stereocenters. The highest BCUT2D eigenvalue weighted by atomic mass is 16.6. The summed E-state index contributed by atoms with van der Waals surface area (Å²) in [6.45, 7) is 6.60. The average molecular weight is 431 g/mol. The number of hydrogen-bond acceptors (Lipinski definition) is 6. The summed E-state index contributed by atoms with van der Waals surface area (Å²) in [5, 5.41) is 19.5. The van der Waals surface area contributed by atoms with Crippen LogP contribution in [0.4, 0.5) is 5.69 Å². The number of anilines is 1. The lowest BCUT2D eigenvalue weighted by Gasteiger charge is -2.41. The Balaban J connectivity index is 1.37. The van der Waals surface area contributed by atoms with E-state index in [0.717, 1.165) is 43.4 Å². The summed E-state index contributed by atoms with van der Waals surface area (Å²) in [4.78, 5) is 28.4. The molecule has 2 atom stereocenters. The van der Waals surface area contributed by atoms with Gasteiger partial charge in [-0.05, 0) is 44.9 Å². The van der Waals surface area contributed by atoms with Gasteiger partial charge in [0, 0.05) is 26.2 Å². The number of allylic oxidation sites excluding steroid dienone is 1. The monoisotopic (exact) mass is 430 g/mol. The summed E-state index contributed by atoms with van der Waals surface area (Å²) >= 11 is 0. The van der Waals surface area contributed by atoms with E-state index in [1.807, 2.05) is 18.2 Å². The third-order valence-corrected chi connectivity index (χ3v) is 6.81. The molecule has 3 aliphatic rings. The van der Waals surface area contributed by atoms with E-state index in [9.17, 15) is 19.8 Å². The molecule has 31 heavy (non-hydrogen) atoms. The first kappa shape index (κ1) is 21.5. The summed E-state index contributed by atoms with van der Waals surface area (Å²) in [5.41, 5.74) is -1.14. The molecule has 8 heteroatoms. The largest absolute Gasteiger partial charge is 0.486 e. The number of nitrogens with zero attached hydrogens (tertiary/aromatic N) is 2. The van der Waals surface area contributed by atoms with Crippen molar-refractivity contribution >= 4 is 17.6 Å². The molecule has 0 radical (unpaired) electrons. The normalized spacial score (nSPS) is 28.4. The summed E-state index contributed by atoms with van der Waals surface area (Å²) < 4.78 is 11.5. The molecule has 1 aromatic carbocycles. The summed E-state index contributed by atoms with van der Waals surface area (Å²) in [6.07, 6.45) is 4.30. The van der Waals surface area contributed by atoms with Crippen LogP contribution in [0.1, 0.15) is 26.2 Å². The second-order valence-electron chi connectivity index (χ2n) is 8.97. The lowest BCUT2D eigenvalue weighted by atomic mass is 9.64. The maximum Gasteiger partial charge on any atom is 0.313 e. The number of carboxylic acid groups (broad SMARTS) is 2. The van der Waals surface area contributed by atoms with Gasteiger partial charge in [-0.1, -0.05) is 18.2 Å². The molecule has 1 fully saturated rings. The molecule has 0 bridgehead atoms. The molecular weight excluding hydrogens is 400 g/mol. The minimum absolute atomic E-state index is 0.120.